The molecule has 2 heterocycles. The van der Waals surface area contributed by atoms with E-state index < -0.39 is 10.0 Å². The minimum Gasteiger partial charge on any atom is -0.205 e. The van der Waals surface area contributed by atoms with Gasteiger partial charge in [0, 0.05) is 6.42 Å². The molecule has 4 nitrogen and oxygen atoms in total. The number of hydrogen-bond acceptors (Lipinski definition) is 4. The van der Waals surface area contributed by atoms with E-state index in [0.29, 0.717) is 6.42 Å². The Morgan fingerprint density at radius 2 is 2.00 bits per heavy atom. The lowest BCUT2D eigenvalue weighted by molar-refractivity contribution is 0.375. The first-order chi connectivity index (χ1) is 10.5. The van der Waals surface area contributed by atoms with E-state index in [1.165, 1.54) is 16.2 Å². The van der Waals surface area contributed by atoms with Crippen molar-refractivity contribution in [2.75, 3.05) is 6.26 Å². The molecule has 1 aliphatic heterocycles. The lowest BCUT2D eigenvalue weighted by Crippen LogP contribution is -2.25. The molecule has 3 rings (SSSR count). The molecule has 0 aliphatic carbocycles. The highest BCUT2D eigenvalue weighted by atomic mass is 32.2. The molecule has 1 atom stereocenters. The van der Waals surface area contributed by atoms with Gasteiger partial charge in [-0.05, 0) is 39.9 Å². The normalized spacial score (nSPS) is 18.5. The van der Waals surface area contributed by atoms with Gasteiger partial charge in [-0.3, -0.25) is 0 Å². The molecule has 6 heteroatoms. The van der Waals surface area contributed by atoms with Crippen LogP contribution in [-0.4, -0.2) is 24.8 Å². The van der Waals surface area contributed by atoms with Crippen LogP contribution < -0.4 is 0 Å². The van der Waals surface area contributed by atoms with Crippen LogP contribution in [0.4, 0.5) is 0 Å². The molecule has 1 aliphatic rings. The molecule has 0 saturated heterocycles. The molecule has 1 aromatic heterocycles. The van der Waals surface area contributed by atoms with Crippen LogP contribution in [-0.2, 0) is 16.4 Å². The average Bonchev–Trinajstić information content (AvgIpc) is 3.15. The van der Waals surface area contributed by atoms with Gasteiger partial charge in [-0.15, -0.1) is 0 Å². The zero-order valence-electron chi connectivity index (χ0n) is 12.6. The van der Waals surface area contributed by atoms with Crippen molar-refractivity contribution in [3.63, 3.8) is 0 Å². The lowest BCUT2D eigenvalue weighted by Gasteiger charge is -2.20. The predicted octanol–water partition coefficient (Wildman–Crippen LogP) is 3.42. The van der Waals surface area contributed by atoms with Gasteiger partial charge in [0.1, 0.15) is 0 Å². The van der Waals surface area contributed by atoms with Crippen molar-refractivity contribution < 1.29 is 8.42 Å². The number of thiophene rings is 1. The van der Waals surface area contributed by atoms with Crippen LogP contribution in [0.25, 0.3) is 0 Å². The van der Waals surface area contributed by atoms with Crippen molar-refractivity contribution in [3.05, 3.63) is 57.8 Å². The second-order valence-corrected chi connectivity index (χ2v) is 8.03. The van der Waals surface area contributed by atoms with Gasteiger partial charge in [0.2, 0.25) is 10.0 Å². The standard InChI is InChI=1S/C16H18N2O2S2/c1-3-12-4-6-13(7-5-12)15-10-16(14-8-9-21-11-14)18(17-15)22(2,19)20/h4-9,11,16H,3,10H2,1-2H3/t16-/m1/s1. The minimum atomic E-state index is -3.38. The summed E-state index contributed by atoms with van der Waals surface area (Å²) in [5, 5.41) is 8.34. The second-order valence-electron chi connectivity index (χ2n) is 5.41. The highest BCUT2D eigenvalue weighted by Crippen LogP contribution is 2.35. The van der Waals surface area contributed by atoms with Gasteiger partial charge in [-0.1, -0.05) is 31.2 Å². The molecule has 0 bridgehead atoms. The fourth-order valence-corrected chi connectivity index (χ4v) is 4.23. The largest absolute Gasteiger partial charge is 0.247 e. The molecule has 0 N–H and O–H groups in total. The van der Waals surface area contributed by atoms with Crippen LogP contribution in [0.3, 0.4) is 0 Å². The Balaban J connectivity index is 1.96. The van der Waals surface area contributed by atoms with Crippen LogP contribution in [0.1, 0.15) is 36.1 Å². The van der Waals surface area contributed by atoms with Gasteiger partial charge < -0.3 is 0 Å². The topological polar surface area (TPSA) is 49.7 Å². The number of nitrogens with zero attached hydrogens (tertiary/aromatic N) is 2. The van der Waals surface area contributed by atoms with Gasteiger partial charge >= 0.3 is 0 Å². The van der Waals surface area contributed by atoms with E-state index in [-0.39, 0.29) is 6.04 Å². The van der Waals surface area contributed by atoms with E-state index in [1.54, 1.807) is 11.3 Å². The van der Waals surface area contributed by atoms with E-state index in [9.17, 15) is 8.42 Å². The van der Waals surface area contributed by atoms with Crippen molar-refractivity contribution in [1.29, 1.82) is 0 Å². The summed E-state index contributed by atoms with van der Waals surface area (Å²) in [5.74, 6) is 0. The number of aryl methyl sites for hydroxylation is 1. The third kappa shape index (κ3) is 2.94. The fourth-order valence-electron chi connectivity index (χ4n) is 2.61. The molecule has 0 amide bonds. The Bertz CT molecular complexity index is 778. The zero-order chi connectivity index (χ0) is 15.7. The first kappa shape index (κ1) is 15.2. The number of benzene rings is 1. The highest BCUT2D eigenvalue weighted by molar-refractivity contribution is 7.88. The van der Waals surface area contributed by atoms with E-state index in [2.05, 4.69) is 24.2 Å². The molecule has 0 unspecified atom stereocenters. The van der Waals surface area contributed by atoms with E-state index in [1.807, 2.05) is 29.0 Å². The summed E-state index contributed by atoms with van der Waals surface area (Å²) in [6.07, 6.45) is 2.80. The average molecular weight is 334 g/mol. The van der Waals surface area contributed by atoms with E-state index in [0.717, 1.165) is 23.3 Å². The summed E-state index contributed by atoms with van der Waals surface area (Å²) < 4.78 is 25.3. The second kappa shape index (κ2) is 5.85. The summed E-state index contributed by atoms with van der Waals surface area (Å²) >= 11 is 1.57. The molecule has 0 saturated carbocycles. The highest BCUT2D eigenvalue weighted by Gasteiger charge is 2.34. The molecular formula is C16H18N2O2S2. The number of hydrogen-bond donors (Lipinski definition) is 0. The van der Waals surface area contributed by atoms with Crippen molar-refractivity contribution in [1.82, 2.24) is 4.41 Å². The SMILES string of the molecule is CCc1ccc(C2=NN(S(C)(=O)=O)[C@@H](c3ccsc3)C2)cc1. The number of sulfonamides is 1. The third-order valence-corrected chi connectivity index (χ3v) is 5.55. The van der Waals surface area contributed by atoms with Gasteiger partial charge in [-0.25, -0.2) is 8.42 Å². The van der Waals surface area contributed by atoms with Crippen LogP contribution >= 0.6 is 11.3 Å². The Kier molecular flexibility index (Phi) is 4.06. The Hall–Kier alpha value is -1.66. The molecular weight excluding hydrogens is 316 g/mol. The summed E-state index contributed by atoms with van der Waals surface area (Å²) in [4.78, 5) is 0. The van der Waals surface area contributed by atoms with Crippen LogP contribution in [0.2, 0.25) is 0 Å². The number of rotatable bonds is 4. The molecule has 0 fully saturated rings. The van der Waals surface area contributed by atoms with Crippen molar-refractivity contribution in [2.24, 2.45) is 5.10 Å². The first-order valence-electron chi connectivity index (χ1n) is 7.17. The zero-order valence-corrected chi connectivity index (χ0v) is 14.2. The van der Waals surface area contributed by atoms with Crippen molar-refractivity contribution in [2.45, 2.75) is 25.8 Å². The smallest absolute Gasteiger partial charge is 0.205 e. The van der Waals surface area contributed by atoms with Crippen molar-refractivity contribution >= 4 is 27.1 Å². The van der Waals surface area contributed by atoms with Crippen LogP contribution in [0.5, 0.6) is 0 Å². The maximum Gasteiger partial charge on any atom is 0.247 e. The maximum absolute atomic E-state index is 12.0. The third-order valence-electron chi connectivity index (χ3n) is 3.84. The monoisotopic (exact) mass is 334 g/mol. The van der Waals surface area contributed by atoms with Crippen molar-refractivity contribution in [3.8, 4) is 0 Å². The Morgan fingerprint density at radius 1 is 1.27 bits per heavy atom. The number of hydrazone groups is 1. The molecule has 0 spiro atoms. The van der Waals surface area contributed by atoms with E-state index in [4.69, 9.17) is 0 Å². The molecule has 22 heavy (non-hydrogen) atoms. The minimum absolute atomic E-state index is 0.234. The maximum atomic E-state index is 12.0. The Morgan fingerprint density at radius 3 is 2.55 bits per heavy atom. The van der Waals surface area contributed by atoms with Gasteiger partial charge in [0.15, 0.2) is 0 Å². The van der Waals surface area contributed by atoms with Crippen LogP contribution in [0.15, 0.2) is 46.2 Å². The summed E-state index contributed by atoms with van der Waals surface area (Å²) in [6.45, 7) is 2.11. The lowest BCUT2D eigenvalue weighted by atomic mass is 10.00. The molecule has 0 radical (unpaired) electrons. The predicted molar refractivity (Wildman–Crippen MR) is 90.7 cm³/mol. The summed E-state index contributed by atoms with van der Waals surface area (Å²) in [7, 11) is -3.38. The first-order valence-corrected chi connectivity index (χ1v) is 9.96. The fraction of sp³-hybridized carbons (Fsp3) is 0.312. The quantitative estimate of drug-likeness (QED) is 0.860. The Labute approximate surface area is 135 Å². The summed E-state index contributed by atoms with van der Waals surface area (Å²) in [5.41, 5.74) is 4.07. The van der Waals surface area contributed by atoms with Gasteiger partial charge in [-0.2, -0.15) is 20.9 Å². The van der Waals surface area contributed by atoms with Crippen LogP contribution in [0, 0.1) is 0 Å². The van der Waals surface area contributed by atoms with E-state index >= 15 is 0 Å². The molecule has 116 valence electrons. The summed E-state index contributed by atoms with van der Waals surface area (Å²) in [6, 6.07) is 9.91. The van der Waals surface area contributed by atoms with Gasteiger partial charge in [0.05, 0.1) is 18.0 Å². The molecule has 1 aromatic carbocycles. The van der Waals surface area contributed by atoms with Gasteiger partial charge in [0.25, 0.3) is 0 Å². The molecule has 2 aromatic rings.